The molecule has 1 amide bonds. The van der Waals surface area contributed by atoms with Crippen molar-refractivity contribution in [3.05, 3.63) is 92.8 Å². The molecule has 0 bridgehead atoms. The maximum atomic E-state index is 12.5. The zero-order valence-electron chi connectivity index (χ0n) is 13.2. The van der Waals surface area contributed by atoms with Crippen LogP contribution in [0.15, 0.2) is 64.6 Å². The van der Waals surface area contributed by atoms with Crippen LogP contribution >= 0.6 is 0 Å². The summed E-state index contributed by atoms with van der Waals surface area (Å²) in [5, 5.41) is 2.61. The number of hydrogen-bond acceptors (Lipinski definition) is 5. The number of nitrogens with one attached hydrogen (secondary N) is 2. The van der Waals surface area contributed by atoms with Crippen molar-refractivity contribution in [2.45, 2.75) is 13.1 Å². The van der Waals surface area contributed by atoms with Gasteiger partial charge in [-0.2, -0.15) is 0 Å². The first-order valence-electron chi connectivity index (χ1n) is 7.55. The molecule has 2 N–H and O–H groups in total. The number of carbonyl (C=O) groups is 1. The molecule has 0 aliphatic heterocycles. The molecule has 0 spiro atoms. The zero-order valence-corrected chi connectivity index (χ0v) is 13.2. The predicted octanol–water partition coefficient (Wildman–Crippen LogP) is 0.305. The minimum Gasteiger partial charge on any atom is -0.346 e. The minimum atomic E-state index is -0.673. The van der Waals surface area contributed by atoms with Crippen LogP contribution in [0.4, 0.5) is 0 Å². The van der Waals surface area contributed by atoms with Crippen molar-refractivity contribution >= 4 is 5.91 Å². The fourth-order valence-electron chi connectivity index (χ4n) is 2.24. The summed E-state index contributed by atoms with van der Waals surface area (Å²) in [5.41, 5.74) is -0.216. The summed E-state index contributed by atoms with van der Waals surface area (Å²) in [5.74, 6) is -0.582. The van der Waals surface area contributed by atoms with Crippen LogP contribution in [-0.4, -0.2) is 25.4 Å². The first kappa shape index (κ1) is 16.3. The Kier molecular flexibility index (Phi) is 4.79. The van der Waals surface area contributed by atoms with Crippen molar-refractivity contribution in [3.63, 3.8) is 0 Å². The number of carbonyl (C=O) groups excluding carboxylic acids is 1. The summed E-state index contributed by atoms with van der Waals surface area (Å²) in [6, 6.07) is 10.5. The van der Waals surface area contributed by atoms with Crippen molar-refractivity contribution in [2.75, 3.05) is 0 Å². The fraction of sp³-hybridized carbons (Fsp3) is 0.118. The van der Waals surface area contributed by atoms with Gasteiger partial charge in [-0.05, 0) is 24.3 Å². The number of rotatable bonds is 5. The molecule has 25 heavy (non-hydrogen) atoms. The smallest absolute Gasteiger partial charge is 0.328 e. The third-order valence-electron chi connectivity index (χ3n) is 3.51. The Morgan fingerprint density at radius 3 is 2.36 bits per heavy atom. The van der Waals surface area contributed by atoms with Gasteiger partial charge in [-0.15, -0.1) is 0 Å². The molecule has 0 atom stereocenters. The van der Waals surface area contributed by atoms with Crippen LogP contribution in [0.25, 0.3) is 0 Å². The van der Waals surface area contributed by atoms with Gasteiger partial charge in [-0.1, -0.05) is 12.1 Å². The highest BCUT2D eigenvalue weighted by atomic mass is 16.2. The summed E-state index contributed by atoms with van der Waals surface area (Å²) >= 11 is 0. The summed E-state index contributed by atoms with van der Waals surface area (Å²) < 4.78 is 0.942. The first-order valence-corrected chi connectivity index (χ1v) is 7.55. The molecule has 0 saturated carbocycles. The monoisotopic (exact) mass is 337 g/mol. The molecule has 3 rings (SSSR count). The van der Waals surface area contributed by atoms with Gasteiger partial charge in [-0.25, -0.2) is 4.79 Å². The van der Waals surface area contributed by atoms with Gasteiger partial charge in [0.15, 0.2) is 0 Å². The van der Waals surface area contributed by atoms with E-state index in [1.807, 2.05) is 0 Å². The van der Waals surface area contributed by atoms with E-state index in [2.05, 4.69) is 20.3 Å². The molecule has 0 aliphatic carbocycles. The summed E-state index contributed by atoms with van der Waals surface area (Å²) in [6.45, 7) is 0.162. The summed E-state index contributed by atoms with van der Waals surface area (Å²) in [7, 11) is 0. The molecule has 0 saturated heterocycles. The predicted molar refractivity (Wildman–Crippen MR) is 90.1 cm³/mol. The van der Waals surface area contributed by atoms with E-state index in [4.69, 9.17) is 0 Å². The topological polar surface area (TPSA) is 110 Å². The lowest BCUT2D eigenvalue weighted by Gasteiger charge is -2.07. The fourth-order valence-corrected chi connectivity index (χ4v) is 2.24. The van der Waals surface area contributed by atoms with E-state index in [-0.39, 0.29) is 18.7 Å². The van der Waals surface area contributed by atoms with Crippen molar-refractivity contribution in [3.8, 4) is 0 Å². The van der Waals surface area contributed by atoms with Crippen molar-refractivity contribution < 1.29 is 4.79 Å². The van der Waals surface area contributed by atoms with Crippen LogP contribution in [0.1, 0.15) is 21.7 Å². The van der Waals surface area contributed by atoms with Crippen LogP contribution in [0.3, 0.4) is 0 Å². The average Bonchev–Trinajstić information content (AvgIpc) is 2.65. The van der Waals surface area contributed by atoms with E-state index in [0.29, 0.717) is 11.4 Å². The molecule has 3 aromatic heterocycles. The van der Waals surface area contributed by atoms with E-state index in [1.54, 1.807) is 48.8 Å². The molecule has 8 heteroatoms. The maximum Gasteiger partial charge on any atom is 0.328 e. The van der Waals surface area contributed by atoms with Gasteiger partial charge in [0.1, 0.15) is 5.56 Å². The maximum absolute atomic E-state index is 12.5. The lowest BCUT2D eigenvalue weighted by molar-refractivity contribution is 0.0947. The summed E-state index contributed by atoms with van der Waals surface area (Å²) in [4.78, 5) is 47.3. The van der Waals surface area contributed by atoms with E-state index in [9.17, 15) is 14.4 Å². The zero-order chi connectivity index (χ0) is 17.6. The molecule has 0 radical (unpaired) electrons. The molecule has 0 fully saturated rings. The number of H-pyrrole nitrogens is 1. The molecule has 3 heterocycles. The van der Waals surface area contributed by atoms with Crippen molar-refractivity contribution in [2.24, 2.45) is 0 Å². The second kappa shape index (κ2) is 7.35. The Morgan fingerprint density at radius 1 is 1.04 bits per heavy atom. The third-order valence-corrected chi connectivity index (χ3v) is 3.51. The van der Waals surface area contributed by atoms with Crippen LogP contribution in [0, 0.1) is 0 Å². The molecular formula is C17H15N5O3. The van der Waals surface area contributed by atoms with Gasteiger partial charge in [0.2, 0.25) is 0 Å². The minimum absolute atomic E-state index is 0.0175. The van der Waals surface area contributed by atoms with Gasteiger partial charge < -0.3 is 10.3 Å². The SMILES string of the molecule is O=C(NCc1ccccn1)c1c[nH]c(=O)n(Cc2ccccn2)c1=O. The van der Waals surface area contributed by atoms with Gasteiger partial charge in [-0.3, -0.25) is 24.1 Å². The van der Waals surface area contributed by atoms with E-state index in [0.717, 1.165) is 10.8 Å². The number of nitrogens with zero attached hydrogens (tertiary/aromatic N) is 3. The van der Waals surface area contributed by atoms with Crippen LogP contribution < -0.4 is 16.6 Å². The number of aromatic amines is 1. The average molecular weight is 337 g/mol. The number of amides is 1. The Balaban J connectivity index is 1.82. The van der Waals surface area contributed by atoms with Crippen LogP contribution in [0.2, 0.25) is 0 Å². The quantitative estimate of drug-likeness (QED) is 0.696. The van der Waals surface area contributed by atoms with Crippen LogP contribution in [-0.2, 0) is 13.1 Å². The van der Waals surface area contributed by atoms with Gasteiger partial charge in [0.25, 0.3) is 11.5 Å². The Hall–Kier alpha value is -3.55. The van der Waals surface area contributed by atoms with Crippen molar-refractivity contribution in [1.29, 1.82) is 0 Å². The largest absolute Gasteiger partial charge is 0.346 e. The molecule has 8 nitrogen and oxygen atoms in total. The Bertz CT molecular complexity index is 980. The molecular weight excluding hydrogens is 322 g/mol. The van der Waals surface area contributed by atoms with Gasteiger partial charge in [0, 0.05) is 18.6 Å². The second-order valence-corrected chi connectivity index (χ2v) is 5.22. The second-order valence-electron chi connectivity index (χ2n) is 5.22. The summed E-state index contributed by atoms with van der Waals surface area (Å²) in [6.07, 6.45) is 4.30. The number of pyridine rings is 2. The Labute approximate surface area is 142 Å². The van der Waals surface area contributed by atoms with Gasteiger partial charge in [0.05, 0.1) is 24.5 Å². The highest BCUT2D eigenvalue weighted by molar-refractivity contribution is 5.93. The molecule has 0 aliphatic rings. The molecule has 0 aromatic carbocycles. The number of hydrogen-bond donors (Lipinski definition) is 2. The normalized spacial score (nSPS) is 10.4. The molecule has 3 aromatic rings. The van der Waals surface area contributed by atoms with Gasteiger partial charge >= 0.3 is 5.69 Å². The highest BCUT2D eigenvalue weighted by Crippen LogP contribution is 1.96. The standard InChI is InChI=1S/C17H15N5O3/c23-15(20-9-12-5-1-3-7-18-12)14-10-21-17(25)22(16(14)24)11-13-6-2-4-8-19-13/h1-8,10H,9,11H2,(H,20,23)(H,21,25). The molecule has 126 valence electrons. The lowest BCUT2D eigenvalue weighted by Crippen LogP contribution is -2.40. The van der Waals surface area contributed by atoms with E-state index >= 15 is 0 Å². The lowest BCUT2D eigenvalue weighted by atomic mass is 10.3. The van der Waals surface area contributed by atoms with E-state index in [1.165, 1.54) is 0 Å². The molecule has 0 unspecified atom stereocenters. The third kappa shape index (κ3) is 3.86. The Morgan fingerprint density at radius 2 is 1.72 bits per heavy atom. The number of aromatic nitrogens is 4. The van der Waals surface area contributed by atoms with Crippen molar-refractivity contribution in [1.82, 2.24) is 24.8 Å². The van der Waals surface area contributed by atoms with E-state index < -0.39 is 17.2 Å². The first-order chi connectivity index (χ1) is 12.1. The van der Waals surface area contributed by atoms with Crippen LogP contribution in [0.5, 0.6) is 0 Å². The highest BCUT2D eigenvalue weighted by Gasteiger charge is 2.15.